The molecule has 0 unspecified atom stereocenters. The number of nitrogens with one attached hydrogen (secondary N) is 1. The number of aromatic nitrogens is 2. The number of hydrogen-bond acceptors (Lipinski definition) is 4. The Kier molecular flexibility index (Phi) is 5.18. The second-order valence-electron chi connectivity index (χ2n) is 6.54. The maximum atomic E-state index is 12.7. The fourth-order valence-corrected chi connectivity index (χ4v) is 3.89. The summed E-state index contributed by atoms with van der Waals surface area (Å²) in [5, 5.41) is 12.4. The van der Waals surface area contributed by atoms with E-state index in [0.29, 0.717) is 22.5 Å². The molecule has 1 aromatic heterocycles. The number of carbonyl (C=O) groups is 1. The second kappa shape index (κ2) is 7.94. The summed E-state index contributed by atoms with van der Waals surface area (Å²) < 4.78 is 25.2. The van der Waals surface area contributed by atoms with E-state index in [2.05, 4.69) is 10.4 Å². The van der Waals surface area contributed by atoms with Crippen molar-refractivity contribution in [1.82, 2.24) is 9.78 Å². The van der Waals surface area contributed by atoms with Crippen LogP contribution in [-0.4, -0.2) is 24.1 Å². The van der Waals surface area contributed by atoms with Gasteiger partial charge in [-0.25, -0.2) is 18.2 Å². The highest BCUT2D eigenvalue weighted by Crippen LogP contribution is 2.27. The van der Waals surface area contributed by atoms with Crippen LogP contribution in [0.1, 0.15) is 10.5 Å². The number of primary sulfonamides is 1. The van der Waals surface area contributed by atoms with Crippen LogP contribution in [0.3, 0.4) is 0 Å². The Labute approximate surface area is 173 Å². The molecule has 0 saturated heterocycles. The monoisotopic (exact) mass is 418 g/mol. The summed E-state index contributed by atoms with van der Waals surface area (Å²) in [6.07, 6.45) is 1.56. The van der Waals surface area contributed by atoms with Gasteiger partial charge >= 0.3 is 0 Å². The quantitative estimate of drug-likeness (QED) is 0.518. The van der Waals surface area contributed by atoms with Crippen molar-refractivity contribution in [1.29, 1.82) is 0 Å². The van der Waals surface area contributed by atoms with Gasteiger partial charge in [-0.1, -0.05) is 48.5 Å². The van der Waals surface area contributed by atoms with E-state index in [1.165, 1.54) is 6.07 Å². The summed E-state index contributed by atoms with van der Waals surface area (Å²) in [5.41, 5.74) is 2.91. The fraction of sp³-hybridized carbons (Fsp3) is 0. The van der Waals surface area contributed by atoms with E-state index >= 15 is 0 Å². The highest BCUT2D eigenvalue weighted by molar-refractivity contribution is 7.89. The molecule has 7 nitrogen and oxygen atoms in total. The van der Waals surface area contributed by atoms with Crippen LogP contribution in [0.2, 0.25) is 0 Å². The summed E-state index contributed by atoms with van der Waals surface area (Å²) in [4.78, 5) is 12.8. The predicted octanol–water partition coefficient (Wildman–Crippen LogP) is 3.44. The van der Waals surface area contributed by atoms with Gasteiger partial charge < -0.3 is 5.32 Å². The summed E-state index contributed by atoms with van der Waals surface area (Å²) in [5.74, 6) is -0.311. The number of nitrogens with zero attached hydrogens (tertiary/aromatic N) is 2. The number of carbonyl (C=O) groups excluding carboxylic acids is 1. The molecule has 0 saturated carbocycles. The number of hydrogen-bond donors (Lipinski definition) is 2. The van der Waals surface area contributed by atoms with E-state index < -0.39 is 10.0 Å². The van der Waals surface area contributed by atoms with E-state index in [9.17, 15) is 13.2 Å². The molecule has 30 heavy (non-hydrogen) atoms. The lowest BCUT2D eigenvalue weighted by Gasteiger charge is -2.10. The van der Waals surface area contributed by atoms with Gasteiger partial charge in [0.2, 0.25) is 10.0 Å². The highest BCUT2D eigenvalue weighted by atomic mass is 32.2. The Bertz CT molecular complexity index is 1300. The molecule has 8 heteroatoms. The van der Waals surface area contributed by atoms with Gasteiger partial charge in [-0.15, -0.1) is 0 Å². The zero-order valence-electron chi connectivity index (χ0n) is 15.8. The molecule has 0 bridgehead atoms. The van der Waals surface area contributed by atoms with Crippen molar-refractivity contribution in [3.05, 3.63) is 96.8 Å². The van der Waals surface area contributed by atoms with E-state index in [0.717, 1.165) is 5.69 Å². The van der Waals surface area contributed by atoms with Gasteiger partial charge in [0.1, 0.15) is 5.69 Å². The first-order chi connectivity index (χ1) is 14.4. The Morgan fingerprint density at radius 1 is 0.867 bits per heavy atom. The number of amides is 1. The van der Waals surface area contributed by atoms with Crippen LogP contribution in [0.25, 0.3) is 16.8 Å². The molecule has 3 N–H and O–H groups in total. The van der Waals surface area contributed by atoms with Crippen LogP contribution >= 0.6 is 0 Å². The van der Waals surface area contributed by atoms with Gasteiger partial charge in [0.25, 0.3) is 5.91 Å². The van der Waals surface area contributed by atoms with E-state index in [1.54, 1.807) is 59.4 Å². The van der Waals surface area contributed by atoms with Crippen molar-refractivity contribution in [3.63, 3.8) is 0 Å². The first-order valence-electron chi connectivity index (χ1n) is 9.06. The number of benzene rings is 3. The Morgan fingerprint density at radius 2 is 1.53 bits per heavy atom. The third-order valence-corrected chi connectivity index (χ3v) is 5.49. The lowest BCUT2D eigenvalue weighted by Crippen LogP contribution is -2.17. The predicted molar refractivity (Wildman–Crippen MR) is 115 cm³/mol. The molecule has 0 fully saturated rings. The number of rotatable bonds is 5. The van der Waals surface area contributed by atoms with Gasteiger partial charge in [-0.2, -0.15) is 5.10 Å². The minimum Gasteiger partial charge on any atom is -0.321 e. The minimum atomic E-state index is -3.85. The standard InChI is InChI=1S/C22H18N4O3S/c23-30(28,29)21-9-5-4-8-19(21)16-10-12-17(13-11-16)25-22(27)20-14-15-24-26(20)18-6-2-1-3-7-18/h1-15H,(H,25,27)(H2,23,28,29). The van der Waals surface area contributed by atoms with Crippen LogP contribution in [0.4, 0.5) is 5.69 Å². The van der Waals surface area contributed by atoms with Crippen LogP contribution in [0.5, 0.6) is 0 Å². The van der Waals surface area contributed by atoms with Crippen molar-refractivity contribution >= 4 is 21.6 Å². The largest absolute Gasteiger partial charge is 0.321 e. The van der Waals surface area contributed by atoms with Crippen molar-refractivity contribution in [3.8, 4) is 16.8 Å². The Morgan fingerprint density at radius 3 is 2.23 bits per heavy atom. The molecule has 0 aliphatic rings. The molecule has 4 aromatic rings. The van der Waals surface area contributed by atoms with Gasteiger partial charge in [-0.05, 0) is 42.0 Å². The summed E-state index contributed by atoms with van der Waals surface area (Å²) >= 11 is 0. The molecular weight excluding hydrogens is 400 g/mol. The Balaban J connectivity index is 1.58. The molecule has 0 radical (unpaired) electrons. The third-order valence-electron chi connectivity index (χ3n) is 4.52. The average Bonchev–Trinajstić information content (AvgIpc) is 3.24. The van der Waals surface area contributed by atoms with Crippen LogP contribution in [0, 0.1) is 0 Å². The normalized spacial score (nSPS) is 11.2. The fourth-order valence-electron chi connectivity index (χ4n) is 3.13. The lowest BCUT2D eigenvalue weighted by molar-refractivity contribution is 0.101. The number of sulfonamides is 1. The maximum absolute atomic E-state index is 12.7. The van der Waals surface area contributed by atoms with Crippen molar-refractivity contribution in [2.24, 2.45) is 5.14 Å². The first-order valence-corrected chi connectivity index (χ1v) is 10.6. The molecule has 0 atom stereocenters. The smallest absolute Gasteiger partial charge is 0.274 e. The van der Waals surface area contributed by atoms with E-state index in [-0.39, 0.29) is 10.8 Å². The summed E-state index contributed by atoms with van der Waals surface area (Å²) in [6, 6.07) is 24.4. The second-order valence-corrected chi connectivity index (χ2v) is 8.07. The number of para-hydroxylation sites is 1. The minimum absolute atomic E-state index is 0.0496. The van der Waals surface area contributed by atoms with Gasteiger partial charge in [0, 0.05) is 11.3 Å². The maximum Gasteiger partial charge on any atom is 0.274 e. The van der Waals surface area contributed by atoms with Crippen LogP contribution < -0.4 is 10.5 Å². The molecule has 150 valence electrons. The number of nitrogens with two attached hydrogens (primary N) is 1. The van der Waals surface area contributed by atoms with Gasteiger partial charge in [-0.3, -0.25) is 4.79 Å². The van der Waals surface area contributed by atoms with Crippen molar-refractivity contribution in [2.75, 3.05) is 5.32 Å². The SMILES string of the molecule is NS(=O)(=O)c1ccccc1-c1ccc(NC(=O)c2ccnn2-c2ccccc2)cc1. The molecule has 1 heterocycles. The molecule has 1 amide bonds. The van der Waals surface area contributed by atoms with E-state index in [4.69, 9.17) is 5.14 Å². The molecule has 0 spiro atoms. The van der Waals surface area contributed by atoms with E-state index in [1.807, 2.05) is 30.3 Å². The zero-order chi connectivity index (χ0) is 21.1. The molecule has 0 aliphatic carbocycles. The van der Waals surface area contributed by atoms with Gasteiger partial charge in [0.15, 0.2) is 0 Å². The summed E-state index contributed by atoms with van der Waals surface area (Å²) in [7, 11) is -3.85. The van der Waals surface area contributed by atoms with Gasteiger partial charge in [0.05, 0.1) is 16.8 Å². The summed E-state index contributed by atoms with van der Waals surface area (Å²) in [6.45, 7) is 0. The topological polar surface area (TPSA) is 107 Å². The van der Waals surface area contributed by atoms with Crippen molar-refractivity contribution < 1.29 is 13.2 Å². The number of anilines is 1. The van der Waals surface area contributed by atoms with Crippen molar-refractivity contribution in [2.45, 2.75) is 4.90 Å². The Hall–Kier alpha value is -3.75. The molecular formula is C22H18N4O3S. The van der Waals surface area contributed by atoms with Crippen LogP contribution in [0.15, 0.2) is 96.0 Å². The first kappa shape index (κ1) is 19.6. The zero-order valence-corrected chi connectivity index (χ0v) is 16.6. The third kappa shape index (κ3) is 4.00. The van der Waals surface area contributed by atoms with Crippen LogP contribution in [-0.2, 0) is 10.0 Å². The molecule has 0 aliphatic heterocycles. The highest BCUT2D eigenvalue weighted by Gasteiger charge is 2.16. The average molecular weight is 418 g/mol. The lowest BCUT2D eigenvalue weighted by atomic mass is 10.1. The molecule has 4 rings (SSSR count). The molecule has 3 aromatic carbocycles.